The molecular formula is C41H77NO2. The first-order valence-corrected chi connectivity index (χ1v) is 19.5. The van der Waals surface area contributed by atoms with Crippen molar-refractivity contribution in [2.75, 3.05) is 27.2 Å². The first-order chi connectivity index (χ1) is 21.4. The van der Waals surface area contributed by atoms with Crippen LogP contribution in [0.3, 0.4) is 0 Å². The van der Waals surface area contributed by atoms with Gasteiger partial charge in [0.1, 0.15) is 0 Å². The van der Waals surface area contributed by atoms with Gasteiger partial charge in [-0.3, -0.25) is 0 Å². The summed E-state index contributed by atoms with van der Waals surface area (Å²) in [6.45, 7) is 7.38. The summed E-state index contributed by atoms with van der Waals surface area (Å²) in [7, 11) is 4.93. The van der Waals surface area contributed by atoms with Crippen LogP contribution in [0.15, 0.2) is 30.3 Å². The number of hydrogen-bond acceptors (Lipinski definition) is 2. The van der Waals surface area contributed by atoms with Gasteiger partial charge in [-0.1, -0.05) is 198 Å². The van der Waals surface area contributed by atoms with Gasteiger partial charge in [0.2, 0.25) is 0 Å². The number of carboxylic acid groups (broad SMARTS) is 1. The van der Waals surface area contributed by atoms with Gasteiger partial charge in [-0.25, -0.2) is 0 Å². The van der Waals surface area contributed by atoms with Gasteiger partial charge < -0.3 is 14.4 Å². The lowest BCUT2D eigenvalue weighted by Gasteiger charge is -2.30. The maximum Gasteiger partial charge on any atom is 0.0782 e. The van der Waals surface area contributed by atoms with E-state index in [1.54, 1.807) is 18.2 Å². The number of nitrogens with zero attached hydrogens (tertiary/aromatic N) is 1. The van der Waals surface area contributed by atoms with Gasteiger partial charge in [0.15, 0.2) is 0 Å². The molecule has 3 nitrogen and oxygen atoms in total. The van der Waals surface area contributed by atoms with Gasteiger partial charge >= 0.3 is 0 Å². The second-order valence-electron chi connectivity index (χ2n) is 14.2. The van der Waals surface area contributed by atoms with Crippen molar-refractivity contribution < 1.29 is 14.4 Å². The molecule has 0 saturated carbocycles. The summed E-state index contributed by atoms with van der Waals surface area (Å²) in [5.74, 6) is -1.13. The van der Waals surface area contributed by atoms with Crippen molar-refractivity contribution in [1.29, 1.82) is 0 Å². The summed E-state index contributed by atoms with van der Waals surface area (Å²) in [5, 5.41) is 10.1. The van der Waals surface area contributed by atoms with Crippen molar-refractivity contribution in [2.24, 2.45) is 0 Å². The molecule has 1 rings (SSSR count). The van der Waals surface area contributed by atoms with E-state index in [2.05, 4.69) is 27.9 Å². The Labute approximate surface area is 276 Å². The minimum absolute atomic E-state index is 0.220. The molecular weight excluding hydrogens is 538 g/mol. The molecule has 0 heterocycles. The molecule has 3 heteroatoms. The molecule has 0 amide bonds. The molecule has 0 atom stereocenters. The molecule has 0 radical (unpaired) electrons. The fourth-order valence-electron chi connectivity index (χ4n) is 6.15. The van der Waals surface area contributed by atoms with Crippen LogP contribution < -0.4 is 5.11 Å². The van der Waals surface area contributed by atoms with E-state index in [0.717, 1.165) is 0 Å². The van der Waals surface area contributed by atoms with Crippen LogP contribution in [-0.4, -0.2) is 37.6 Å². The minimum atomic E-state index is -1.13. The van der Waals surface area contributed by atoms with Crippen LogP contribution in [0.4, 0.5) is 0 Å². The Balaban J connectivity index is 0.00000174. The van der Waals surface area contributed by atoms with Gasteiger partial charge in [0, 0.05) is 0 Å². The van der Waals surface area contributed by atoms with Gasteiger partial charge in [0.25, 0.3) is 0 Å². The van der Waals surface area contributed by atoms with E-state index in [1.165, 1.54) is 209 Å². The summed E-state index contributed by atoms with van der Waals surface area (Å²) in [4.78, 5) is 10.1. The Bertz CT molecular complexity index is 668. The fourth-order valence-corrected chi connectivity index (χ4v) is 6.15. The Morgan fingerprint density at radius 3 is 0.932 bits per heavy atom. The number of carbonyl (C=O) groups excluding carboxylic acids is 1. The third kappa shape index (κ3) is 32.1. The third-order valence-electron chi connectivity index (χ3n) is 9.24. The standard InChI is InChI=1S/C34H72N.C7H6O2/c1-5-7-9-11-13-15-17-19-21-23-25-27-29-31-33-35(3,4)34-32-30-28-26-24-22-20-18-16-14-12-10-8-6-2;8-7(9)6-4-2-1-3-5-6/h5-34H2,1-4H3;1-5H,(H,8,9)/q+1;/p-1. The van der Waals surface area contributed by atoms with Crippen molar-refractivity contribution in [3.05, 3.63) is 35.9 Å². The van der Waals surface area contributed by atoms with E-state index in [-0.39, 0.29) is 5.56 Å². The molecule has 0 aliphatic rings. The molecule has 0 aromatic heterocycles. The summed E-state index contributed by atoms with van der Waals surface area (Å²) >= 11 is 0. The average Bonchev–Trinajstić information content (AvgIpc) is 3.02. The number of carboxylic acids is 1. The van der Waals surface area contributed by atoms with Gasteiger partial charge in [-0.05, 0) is 31.2 Å². The highest BCUT2D eigenvalue weighted by molar-refractivity contribution is 5.85. The molecule has 0 N–H and O–H groups in total. The lowest BCUT2D eigenvalue weighted by Crippen LogP contribution is -2.41. The Hall–Kier alpha value is -1.35. The Morgan fingerprint density at radius 1 is 0.455 bits per heavy atom. The second-order valence-corrected chi connectivity index (χ2v) is 14.2. The molecule has 1 aromatic carbocycles. The molecule has 0 bridgehead atoms. The number of aromatic carboxylic acids is 1. The first kappa shape index (κ1) is 42.6. The number of carbonyl (C=O) groups is 1. The van der Waals surface area contributed by atoms with E-state index in [9.17, 15) is 9.90 Å². The van der Waals surface area contributed by atoms with E-state index < -0.39 is 5.97 Å². The topological polar surface area (TPSA) is 40.1 Å². The maximum absolute atomic E-state index is 10.1. The zero-order valence-electron chi connectivity index (χ0n) is 30.4. The molecule has 0 aliphatic carbocycles. The van der Waals surface area contributed by atoms with Gasteiger partial charge in [-0.2, -0.15) is 0 Å². The third-order valence-corrected chi connectivity index (χ3v) is 9.24. The molecule has 0 spiro atoms. The summed E-state index contributed by atoms with van der Waals surface area (Å²) in [6, 6.07) is 8.06. The average molecular weight is 616 g/mol. The fraction of sp³-hybridized carbons (Fsp3) is 0.829. The van der Waals surface area contributed by atoms with Crippen molar-refractivity contribution in [3.63, 3.8) is 0 Å². The molecule has 0 unspecified atom stereocenters. The lowest BCUT2D eigenvalue weighted by molar-refractivity contribution is -0.890. The van der Waals surface area contributed by atoms with Crippen molar-refractivity contribution in [2.45, 2.75) is 194 Å². The minimum Gasteiger partial charge on any atom is -0.545 e. The number of benzene rings is 1. The van der Waals surface area contributed by atoms with Crippen LogP contribution in [0, 0.1) is 0 Å². The van der Waals surface area contributed by atoms with E-state index in [1.807, 2.05) is 0 Å². The zero-order valence-corrected chi connectivity index (χ0v) is 30.4. The smallest absolute Gasteiger partial charge is 0.0782 e. The molecule has 0 saturated heterocycles. The number of unbranched alkanes of at least 4 members (excludes halogenated alkanes) is 26. The highest BCUT2D eigenvalue weighted by Gasteiger charge is 2.13. The van der Waals surface area contributed by atoms with Gasteiger partial charge in [-0.15, -0.1) is 0 Å². The van der Waals surface area contributed by atoms with Crippen LogP contribution in [0.25, 0.3) is 0 Å². The lowest BCUT2D eigenvalue weighted by atomic mass is 10.0. The number of hydrogen-bond donors (Lipinski definition) is 0. The van der Waals surface area contributed by atoms with E-state index in [0.29, 0.717) is 0 Å². The summed E-state index contributed by atoms with van der Waals surface area (Å²) in [6.07, 6.45) is 40.9. The van der Waals surface area contributed by atoms with E-state index >= 15 is 0 Å². The molecule has 1 aromatic rings. The molecule has 0 aliphatic heterocycles. The predicted octanol–water partition coefficient (Wildman–Crippen LogP) is 12.1. The quantitative estimate of drug-likeness (QED) is 0.0615. The number of quaternary nitrogens is 1. The predicted molar refractivity (Wildman–Crippen MR) is 193 cm³/mol. The van der Waals surface area contributed by atoms with Crippen molar-refractivity contribution >= 4 is 5.97 Å². The molecule has 258 valence electrons. The largest absolute Gasteiger partial charge is 0.545 e. The Kier molecular flexibility index (Phi) is 32.0. The van der Waals surface area contributed by atoms with E-state index in [4.69, 9.17) is 0 Å². The van der Waals surface area contributed by atoms with Gasteiger partial charge in [0.05, 0.1) is 33.2 Å². The highest BCUT2D eigenvalue weighted by atomic mass is 16.4. The van der Waals surface area contributed by atoms with Crippen LogP contribution in [0.1, 0.15) is 204 Å². The SMILES string of the molecule is CCCCCCCCCCCCCCCC[N+](C)(C)CCCCCCCCCCCCCCCC.O=C([O-])c1ccccc1. The molecule has 44 heavy (non-hydrogen) atoms. The van der Waals surface area contributed by atoms with Crippen LogP contribution in [-0.2, 0) is 0 Å². The zero-order chi connectivity index (χ0) is 32.4. The normalized spacial score (nSPS) is 11.4. The number of rotatable bonds is 31. The first-order valence-electron chi connectivity index (χ1n) is 19.5. The molecule has 0 fully saturated rings. The van der Waals surface area contributed by atoms with Crippen LogP contribution >= 0.6 is 0 Å². The second kappa shape index (κ2) is 33.0. The van der Waals surface area contributed by atoms with Crippen LogP contribution in [0.2, 0.25) is 0 Å². The summed E-state index contributed by atoms with van der Waals surface area (Å²) < 4.78 is 1.25. The maximum atomic E-state index is 10.1. The van der Waals surface area contributed by atoms with Crippen LogP contribution in [0.5, 0.6) is 0 Å². The summed E-state index contributed by atoms with van der Waals surface area (Å²) in [5.41, 5.74) is 0.220. The highest BCUT2D eigenvalue weighted by Crippen LogP contribution is 2.16. The monoisotopic (exact) mass is 616 g/mol. The Morgan fingerprint density at radius 2 is 0.705 bits per heavy atom. The van der Waals surface area contributed by atoms with Crippen molar-refractivity contribution in [1.82, 2.24) is 0 Å². The van der Waals surface area contributed by atoms with Crippen molar-refractivity contribution in [3.8, 4) is 0 Å².